The first-order valence-electron chi connectivity index (χ1n) is 11.3. The van der Waals surface area contributed by atoms with E-state index in [0.29, 0.717) is 6.54 Å². The van der Waals surface area contributed by atoms with Gasteiger partial charge in [-0.3, -0.25) is 9.78 Å². The molecule has 1 aliphatic heterocycles. The van der Waals surface area contributed by atoms with Gasteiger partial charge in [-0.15, -0.1) is 0 Å². The SMILES string of the molecule is CN1C=C(Br)C=C(Br)/C1=C/C(C#N)C(=O)N(Cc1cccnc1)C1(c2ccccc2)CCCC1. The van der Waals surface area contributed by atoms with Crippen LogP contribution in [0.1, 0.15) is 36.8 Å². The quantitative estimate of drug-likeness (QED) is 0.398. The summed E-state index contributed by atoms with van der Waals surface area (Å²) in [5.41, 5.74) is 2.41. The smallest absolute Gasteiger partial charge is 0.244 e. The number of carbonyl (C=O) groups excluding carboxylic acids is 1. The van der Waals surface area contributed by atoms with Gasteiger partial charge in [0.1, 0.15) is 5.92 Å². The number of likely N-dealkylation sites (N-methyl/N-ethyl adjacent to an activating group) is 1. The van der Waals surface area contributed by atoms with Gasteiger partial charge in [0.15, 0.2) is 0 Å². The summed E-state index contributed by atoms with van der Waals surface area (Å²) in [5, 5.41) is 10.1. The lowest BCUT2D eigenvalue weighted by Gasteiger charge is -2.43. The van der Waals surface area contributed by atoms with Crippen molar-refractivity contribution in [1.29, 1.82) is 5.26 Å². The number of nitrogens with zero attached hydrogens (tertiary/aromatic N) is 4. The van der Waals surface area contributed by atoms with Crippen LogP contribution >= 0.6 is 31.9 Å². The molecule has 0 bridgehead atoms. The van der Waals surface area contributed by atoms with Gasteiger partial charge in [0.05, 0.1) is 17.3 Å². The second-order valence-electron chi connectivity index (χ2n) is 8.67. The van der Waals surface area contributed by atoms with Crippen LogP contribution in [0.2, 0.25) is 0 Å². The zero-order valence-electron chi connectivity index (χ0n) is 19.0. The molecule has 1 saturated carbocycles. The van der Waals surface area contributed by atoms with E-state index >= 15 is 0 Å². The number of halogens is 2. The molecule has 1 aliphatic carbocycles. The highest BCUT2D eigenvalue weighted by Gasteiger charge is 2.45. The van der Waals surface area contributed by atoms with E-state index in [9.17, 15) is 10.1 Å². The molecule has 1 atom stereocenters. The van der Waals surface area contributed by atoms with Crippen molar-refractivity contribution in [2.45, 2.75) is 37.8 Å². The van der Waals surface area contributed by atoms with E-state index in [4.69, 9.17) is 0 Å². The maximum absolute atomic E-state index is 14.2. The molecule has 0 N–H and O–H groups in total. The van der Waals surface area contributed by atoms with Gasteiger partial charge < -0.3 is 9.80 Å². The third-order valence-corrected chi connectivity index (χ3v) is 7.59. The Balaban J connectivity index is 1.77. The van der Waals surface area contributed by atoms with Crippen molar-refractivity contribution in [2.24, 2.45) is 5.92 Å². The zero-order chi connectivity index (χ0) is 24.1. The van der Waals surface area contributed by atoms with Gasteiger partial charge in [-0.05, 0) is 74.0 Å². The van der Waals surface area contributed by atoms with Crippen molar-refractivity contribution < 1.29 is 4.79 Å². The summed E-state index contributed by atoms with van der Waals surface area (Å²) in [4.78, 5) is 22.3. The first kappa shape index (κ1) is 24.4. The normalized spacial score (nSPS) is 19.2. The fourth-order valence-electron chi connectivity index (χ4n) is 4.88. The fourth-order valence-corrected chi connectivity index (χ4v) is 6.38. The van der Waals surface area contributed by atoms with Gasteiger partial charge in [-0.25, -0.2) is 0 Å². The van der Waals surface area contributed by atoms with Crippen LogP contribution in [0.25, 0.3) is 0 Å². The largest absolute Gasteiger partial charge is 0.349 e. The molecular weight excluding hydrogens is 556 g/mol. The number of carbonyl (C=O) groups is 1. The van der Waals surface area contributed by atoms with Crippen LogP contribution in [0.3, 0.4) is 0 Å². The van der Waals surface area contributed by atoms with Crippen LogP contribution in [0.15, 0.2) is 87.9 Å². The predicted molar refractivity (Wildman–Crippen MR) is 140 cm³/mol. The lowest BCUT2D eigenvalue weighted by Crippen LogP contribution is -2.49. The number of benzene rings is 1. The van der Waals surface area contributed by atoms with Crippen LogP contribution in [-0.2, 0) is 16.9 Å². The highest BCUT2D eigenvalue weighted by atomic mass is 79.9. The summed E-state index contributed by atoms with van der Waals surface area (Å²) in [6.07, 6.45) is 12.9. The maximum Gasteiger partial charge on any atom is 0.244 e. The minimum atomic E-state index is -0.929. The van der Waals surface area contributed by atoms with Crippen molar-refractivity contribution in [1.82, 2.24) is 14.8 Å². The van der Waals surface area contributed by atoms with E-state index in [0.717, 1.165) is 51.5 Å². The standard InChI is InChI=1S/C27H26Br2N4O/c1-32-19-23(28)15-24(29)25(32)14-21(16-30)26(34)33(18-20-8-7-13-31-17-20)27(11-5-6-12-27)22-9-3-2-4-10-22/h2-4,7-10,13-15,17,19,21H,5-6,11-12,18H2,1H3/b25-14-. The molecule has 0 spiro atoms. The second kappa shape index (κ2) is 10.7. The molecule has 1 aromatic carbocycles. The Labute approximate surface area is 217 Å². The molecule has 1 fully saturated rings. The molecule has 174 valence electrons. The van der Waals surface area contributed by atoms with Gasteiger partial charge in [-0.2, -0.15) is 5.26 Å². The molecule has 2 heterocycles. The molecule has 5 nitrogen and oxygen atoms in total. The number of hydrogen-bond acceptors (Lipinski definition) is 4. The Kier molecular flexibility index (Phi) is 7.70. The van der Waals surface area contributed by atoms with Gasteiger partial charge in [0.2, 0.25) is 5.91 Å². The van der Waals surface area contributed by atoms with Gasteiger partial charge in [0, 0.05) is 41.2 Å². The van der Waals surface area contributed by atoms with Crippen LogP contribution < -0.4 is 0 Å². The average molecular weight is 582 g/mol. The molecule has 4 rings (SSSR count). The van der Waals surface area contributed by atoms with Crippen LogP contribution in [0.4, 0.5) is 0 Å². The van der Waals surface area contributed by atoms with E-state index in [2.05, 4.69) is 55.0 Å². The van der Waals surface area contributed by atoms with Gasteiger partial charge >= 0.3 is 0 Å². The van der Waals surface area contributed by atoms with E-state index < -0.39 is 11.5 Å². The van der Waals surface area contributed by atoms with E-state index in [1.165, 1.54) is 0 Å². The summed E-state index contributed by atoms with van der Waals surface area (Å²) < 4.78 is 1.72. The van der Waals surface area contributed by atoms with Crippen molar-refractivity contribution in [2.75, 3.05) is 7.05 Å². The molecule has 7 heteroatoms. The monoisotopic (exact) mass is 580 g/mol. The van der Waals surface area contributed by atoms with Crippen molar-refractivity contribution in [3.05, 3.63) is 99.0 Å². The van der Waals surface area contributed by atoms with E-state index in [1.807, 2.05) is 59.5 Å². The van der Waals surface area contributed by atoms with Crippen molar-refractivity contribution in [3.8, 4) is 6.07 Å². The number of nitriles is 1. The number of hydrogen-bond donors (Lipinski definition) is 0. The lowest BCUT2D eigenvalue weighted by molar-refractivity contribution is -0.140. The molecule has 1 unspecified atom stereocenters. The summed E-state index contributed by atoms with van der Waals surface area (Å²) in [6.45, 7) is 0.404. The van der Waals surface area contributed by atoms with Gasteiger partial charge in [0.25, 0.3) is 0 Å². The first-order chi connectivity index (χ1) is 16.4. The lowest BCUT2D eigenvalue weighted by atomic mass is 9.84. The number of aromatic nitrogens is 1. The number of allylic oxidation sites excluding steroid dienone is 3. The Bertz CT molecular complexity index is 1160. The highest BCUT2D eigenvalue weighted by Crippen LogP contribution is 2.45. The zero-order valence-corrected chi connectivity index (χ0v) is 22.2. The minimum absolute atomic E-state index is 0.188. The summed E-state index contributed by atoms with van der Waals surface area (Å²) in [6, 6.07) is 16.4. The Morgan fingerprint density at radius 2 is 1.97 bits per heavy atom. The topological polar surface area (TPSA) is 60.2 Å². The van der Waals surface area contributed by atoms with E-state index in [1.54, 1.807) is 18.5 Å². The average Bonchev–Trinajstić information content (AvgIpc) is 3.34. The molecule has 1 amide bonds. The molecule has 2 aliphatic rings. The summed E-state index contributed by atoms with van der Waals surface area (Å²) in [5.74, 6) is -1.12. The fraction of sp³-hybridized carbons (Fsp3) is 0.296. The third kappa shape index (κ3) is 5.03. The molecular formula is C27H26Br2N4O. The van der Waals surface area contributed by atoms with Gasteiger partial charge in [-0.1, -0.05) is 49.2 Å². The molecule has 2 aromatic rings. The maximum atomic E-state index is 14.2. The van der Waals surface area contributed by atoms with Crippen LogP contribution in [0.5, 0.6) is 0 Å². The molecule has 34 heavy (non-hydrogen) atoms. The Morgan fingerprint density at radius 3 is 2.59 bits per heavy atom. The third-order valence-electron chi connectivity index (χ3n) is 6.52. The predicted octanol–water partition coefficient (Wildman–Crippen LogP) is 6.36. The van der Waals surface area contributed by atoms with E-state index in [-0.39, 0.29) is 5.91 Å². The Morgan fingerprint density at radius 1 is 1.24 bits per heavy atom. The van der Waals surface area contributed by atoms with Crippen LogP contribution in [0, 0.1) is 17.2 Å². The molecule has 0 saturated heterocycles. The first-order valence-corrected chi connectivity index (χ1v) is 12.9. The second-order valence-corrected chi connectivity index (χ2v) is 10.4. The van der Waals surface area contributed by atoms with Crippen molar-refractivity contribution in [3.63, 3.8) is 0 Å². The van der Waals surface area contributed by atoms with Crippen molar-refractivity contribution >= 4 is 37.8 Å². The number of rotatable bonds is 6. The summed E-state index contributed by atoms with van der Waals surface area (Å²) >= 11 is 7.07. The van der Waals surface area contributed by atoms with Crippen LogP contribution in [-0.4, -0.2) is 27.7 Å². The minimum Gasteiger partial charge on any atom is -0.349 e. The molecule has 0 radical (unpaired) electrons. The summed E-state index contributed by atoms with van der Waals surface area (Å²) in [7, 11) is 1.90. The molecule has 1 aromatic heterocycles. The Hall–Kier alpha value is -2.69. The highest BCUT2D eigenvalue weighted by molar-refractivity contribution is 9.12. The number of pyridine rings is 1. The number of amides is 1.